The van der Waals surface area contributed by atoms with Crippen molar-refractivity contribution in [3.05, 3.63) is 29.0 Å². The highest BCUT2D eigenvalue weighted by Crippen LogP contribution is 2.34. The molecule has 0 saturated carbocycles. The van der Waals surface area contributed by atoms with Gasteiger partial charge in [-0.15, -0.1) is 0 Å². The lowest BCUT2D eigenvalue weighted by atomic mass is 10.1. The molecule has 0 amide bonds. The molecule has 1 aromatic carbocycles. The number of nitrogens with zero attached hydrogens (tertiary/aromatic N) is 2. The van der Waals surface area contributed by atoms with Gasteiger partial charge in [-0.1, -0.05) is 11.6 Å². The molecule has 90 valence electrons. The van der Waals surface area contributed by atoms with Crippen LogP contribution in [0.2, 0.25) is 5.02 Å². The number of hydrogen-bond donors (Lipinski definition) is 1. The summed E-state index contributed by atoms with van der Waals surface area (Å²) in [6.07, 6.45) is 0. The van der Waals surface area contributed by atoms with Crippen LogP contribution in [0.5, 0.6) is 5.75 Å². The Bertz CT molecular complexity index is 549. The summed E-state index contributed by atoms with van der Waals surface area (Å²) in [5.41, 5.74) is 6.88. The van der Waals surface area contributed by atoms with E-state index in [2.05, 4.69) is 5.10 Å². The van der Waals surface area contributed by atoms with Gasteiger partial charge in [0.05, 0.1) is 17.8 Å². The molecule has 0 spiro atoms. The zero-order valence-corrected chi connectivity index (χ0v) is 10.1. The fourth-order valence-corrected chi connectivity index (χ4v) is 1.67. The first-order chi connectivity index (χ1) is 8.02. The smallest absolute Gasteiger partial charge is 0.145 e. The Balaban J connectivity index is 2.61. The first-order valence-electron chi connectivity index (χ1n) is 4.86. The predicted molar refractivity (Wildman–Crippen MR) is 64.6 cm³/mol. The minimum absolute atomic E-state index is 0.0185. The summed E-state index contributed by atoms with van der Waals surface area (Å²) in [6, 6.07) is 4.37. The van der Waals surface area contributed by atoms with Crippen LogP contribution in [0.3, 0.4) is 0 Å². The zero-order chi connectivity index (χ0) is 12.6. The summed E-state index contributed by atoms with van der Waals surface area (Å²) < 4.78 is 19.9. The van der Waals surface area contributed by atoms with Crippen LogP contribution >= 0.6 is 11.6 Å². The molecule has 0 radical (unpaired) electrons. The van der Waals surface area contributed by atoms with Gasteiger partial charge in [0.25, 0.3) is 0 Å². The van der Waals surface area contributed by atoms with Gasteiger partial charge < -0.3 is 10.5 Å². The minimum Gasteiger partial charge on any atom is -0.496 e. The third-order valence-electron chi connectivity index (χ3n) is 2.43. The lowest BCUT2D eigenvalue weighted by Crippen LogP contribution is -1.97. The van der Waals surface area contributed by atoms with Crippen LogP contribution in [-0.4, -0.2) is 16.9 Å². The van der Waals surface area contributed by atoms with Crippen LogP contribution < -0.4 is 10.5 Å². The van der Waals surface area contributed by atoms with Crippen molar-refractivity contribution in [2.75, 3.05) is 12.8 Å². The third kappa shape index (κ3) is 2.06. The molecule has 2 rings (SSSR count). The fraction of sp³-hybridized carbons (Fsp3) is 0.182. The van der Waals surface area contributed by atoms with Gasteiger partial charge in [0.1, 0.15) is 17.4 Å². The number of aromatic nitrogens is 2. The standard InChI is InChI=1S/C11H11ClFN3O/c1-16-11(14)5-9(15-16)6-3-7(12)8(13)4-10(6)17-2/h3-5H,14H2,1-2H3. The molecule has 2 N–H and O–H groups in total. The molecule has 1 aromatic heterocycles. The molecule has 0 aliphatic rings. The second-order valence-corrected chi connectivity index (χ2v) is 3.95. The van der Waals surface area contributed by atoms with Crippen LogP contribution in [0.1, 0.15) is 0 Å². The molecule has 0 aliphatic carbocycles. The summed E-state index contributed by atoms with van der Waals surface area (Å²) >= 11 is 5.74. The number of benzene rings is 1. The van der Waals surface area contributed by atoms with Crippen molar-refractivity contribution < 1.29 is 9.13 Å². The molecule has 0 saturated heterocycles. The molecule has 1 heterocycles. The average molecular weight is 256 g/mol. The minimum atomic E-state index is -0.531. The van der Waals surface area contributed by atoms with Gasteiger partial charge in [-0.25, -0.2) is 4.39 Å². The number of methoxy groups -OCH3 is 1. The van der Waals surface area contributed by atoms with E-state index in [4.69, 9.17) is 22.1 Å². The third-order valence-corrected chi connectivity index (χ3v) is 2.72. The molecular weight excluding hydrogens is 245 g/mol. The van der Waals surface area contributed by atoms with Gasteiger partial charge in [-0.2, -0.15) is 5.10 Å². The molecule has 4 nitrogen and oxygen atoms in total. The second kappa shape index (κ2) is 4.25. The zero-order valence-electron chi connectivity index (χ0n) is 9.37. The SMILES string of the molecule is COc1cc(F)c(Cl)cc1-c1cc(N)n(C)n1. The highest BCUT2D eigenvalue weighted by Gasteiger charge is 2.14. The molecule has 0 bridgehead atoms. The van der Waals surface area contributed by atoms with Gasteiger partial charge in [0.15, 0.2) is 0 Å². The van der Waals surface area contributed by atoms with Crippen LogP contribution in [-0.2, 0) is 7.05 Å². The molecule has 2 aromatic rings. The van der Waals surface area contributed by atoms with Crippen molar-refractivity contribution >= 4 is 17.4 Å². The van der Waals surface area contributed by atoms with E-state index in [0.29, 0.717) is 22.8 Å². The van der Waals surface area contributed by atoms with Crippen LogP contribution in [0.15, 0.2) is 18.2 Å². The number of nitrogens with two attached hydrogens (primary N) is 1. The second-order valence-electron chi connectivity index (χ2n) is 3.54. The largest absolute Gasteiger partial charge is 0.496 e. The Hall–Kier alpha value is -1.75. The van der Waals surface area contributed by atoms with E-state index in [9.17, 15) is 4.39 Å². The van der Waals surface area contributed by atoms with Crippen molar-refractivity contribution in [2.45, 2.75) is 0 Å². The van der Waals surface area contributed by atoms with Gasteiger partial charge in [-0.05, 0) is 6.07 Å². The van der Waals surface area contributed by atoms with E-state index in [1.54, 1.807) is 13.1 Å². The number of aryl methyl sites for hydroxylation is 1. The summed E-state index contributed by atoms with van der Waals surface area (Å²) in [6.45, 7) is 0. The number of hydrogen-bond acceptors (Lipinski definition) is 3. The highest BCUT2D eigenvalue weighted by atomic mass is 35.5. The fourth-order valence-electron chi connectivity index (χ4n) is 1.51. The maximum Gasteiger partial charge on any atom is 0.145 e. The molecule has 0 atom stereocenters. The van der Waals surface area contributed by atoms with Gasteiger partial charge in [-0.3, -0.25) is 4.68 Å². The molecule has 0 fully saturated rings. The Kier molecular flexibility index (Phi) is 2.93. The number of ether oxygens (including phenoxy) is 1. The summed E-state index contributed by atoms with van der Waals surface area (Å²) in [7, 11) is 3.18. The van der Waals surface area contributed by atoms with Gasteiger partial charge in [0, 0.05) is 24.7 Å². The van der Waals surface area contributed by atoms with Crippen LogP contribution in [0, 0.1) is 5.82 Å². The predicted octanol–water partition coefficient (Wildman–Crippen LogP) is 2.47. The first kappa shape index (κ1) is 11.7. The van der Waals surface area contributed by atoms with Gasteiger partial charge in [0.2, 0.25) is 0 Å². The van der Waals surface area contributed by atoms with E-state index in [1.807, 2.05) is 0 Å². The van der Waals surface area contributed by atoms with Crippen molar-refractivity contribution in [3.63, 3.8) is 0 Å². The Morgan fingerprint density at radius 2 is 2.12 bits per heavy atom. The number of halogens is 2. The van der Waals surface area contributed by atoms with E-state index in [1.165, 1.54) is 23.9 Å². The summed E-state index contributed by atoms with van der Waals surface area (Å²) in [4.78, 5) is 0. The Labute approximate surface area is 103 Å². The lowest BCUT2D eigenvalue weighted by molar-refractivity contribution is 0.413. The van der Waals surface area contributed by atoms with Gasteiger partial charge >= 0.3 is 0 Å². The van der Waals surface area contributed by atoms with Crippen LogP contribution in [0.4, 0.5) is 10.2 Å². The quantitative estimate of drug-likeness (QED) is 0.897. The van der Waals surface area contributed by atoms with Crippen molar-refractivity contribution in [1.82, 2.24) is 9.78 Å². The molecule has 17 heavy (non-hydrogen) atoms. The first-order valence-corrected chi connectivity index (χ1v) is 5.23. The number of rotatable bonds is 2. The maximum absolute atomic E-state index is 13.3. The summed E-state index contributed by atoms with van der Waals surface area (Å²) in [5, 5.41) is 4.21. The normalized spacial score (nSPS) is 10.6. The monoisotopic (exact) mass is 255 g/mol. The highest BCUT2D eigenvalue weighted by molar-refractivity contribution is 6.31. The van der Waals surface area contributed by atoms with E-state index >= 15 is 0 Å². The van der Waals surface area contributed by atoms with E-state index < -0.39 is 5.82 Å². The maximum atomic E-state index is 13.3. The Morgan fingerprint density at radius 3 is 2.65 bits per heavy atom. The topological polar surface area (TPSA) is 53.1 Å². The molecule has 6 heteroatoms. The van der Waals surface area contributed by atoms with E-state index in [-0.39, 0.29) is 5.02 Å². The molecule has 0 aliphatic heterocycles. The average Bonchev–Trinajstić information content (AvgIpc) is 2.62. The number of anilines is 1. The van der Waals surface area contributed by atoms with E-state index in [0.717, 1.165) is 0 Å². The van der Waals surface area contributed by atoms with Crippen LogP contribution in [0.25, 0.3) is 11.3 Å². The molecular formula is C11H11ClFN3O. The van der Waals surface area contributed by atoms with Crippen molar-refractivity contribution in [3.8, 4) is 17.0 Å². The summed E-state index contributed by atoms with van der Waals surface area (Å²) in [5.74, 6) is 0.337. The van der Waals surface area contributed by atoms with Crippen molar-refractivity contribution in [2.24, 2.45) is 7.05 Å². The Morgan fingerprint density at radius 1 is 1.41 bits per heavy atom. The van der Waals surface area contributed by atoms with Crippen molar-refractivity contribution in [1.29, 1.82) is 0 Å². The lowest BCUT2D eigenvalue weighted by Gasteiger charge is -2.07. The number of nitrogen functional groups attached to an aromatic ring is 1. The molecule has 0 unspecified atom stereocenters.